The molecule has 0 spiro atoms. The third-order valence-corrected chi connectivity index (χ3v) is 6.18. The van der Waals surface area contributed by atoms with Crippen molar-refractivity contribution in [2.24, 2.45) is 0 Å². The second kappa shape index (κ2) is 9.49. The highest BCUT2D eigenvalue weighted by atomic mass is 35.5. The molecule has 0 aliphatic carbocycles. The SMILES string of the molecule is Cc1nc(N2CC(N(C)C(=O)OC(C)(C)C)C2)nc(N[C@H](C)c2ccc(Cl)cc2Cl)c1Cl. The van der Waals surface area contributed by atoms with Gasteiger partial charge in [0, 0.05) is 30.2 Å². The maximum absolute atomic E-state index is 12.3. The number of ether oxygens (including phenoxy) is 1. The molecule has 2 heterocycles. The Morgan fingerprint density at radius 3 is 2.50 bits per heavy atom. The summed E-state index contributed by atoms with van der Waals surface area (Å²) in [6.07, 6.45) is -0.341. The van der Waals surface area contributed by atoms with Gasteiger partial charge < -0.3 is 19.9 Å². The molecule has 174 valence electrons. The first-order chi connectivity index (χ1) is 14.9. The number of benzene rings is 1. The molecule has 1 N–H and O–H groups in total. The molecule has 7 nitrogen and oxygen atoms in total. The summed E-state index contributed by atoms with van der Waals surface area (Å²) in [5.41, 5.74) is 1.01. The Morgan fingerprint density at radius 1 is 1.25 bits per heavy atom. The second-order valence-corrected chi connectivity index (χ2v) is 10.2. The van der Waals surface area contributed by atoms with Gasteiger partial charge in [-0.3, -0.25) is 0 Å². The molecule has 1 amide bonds. The lowest BCUT2D eigenvalue weighted by Crippen LogP contribution is -2.60. The van der Waals surface area contributed by atoms with Crippen LogP contribution < -0.4 is 10.2 Å². The van der Waals surface area contributed by atoms with Crippen LogP contribution in [0.4, 0.5) is 16.6 Å². The van der Waals surface area contributed by atoms with Gasteiger partial charge in [-0.25, -0.2) is 9.78 Å². The van der Waals surface area contributed by atoms with E-state index in [0.29, 0.717) is 45.6 Å². The van der Waals surface area contributed by atoms with Crippen molar-refractivity contribution in [2.75, 3.05) is 30.4 Å². The van der Waals surface area contributed by atoms with Gasteiger partial charge in [-0.2, -0.15) is 4.98 Å². The largest absolute Gasteiger partial charge is 0.444 e. The van der Waals surface area contributed by atoms with Gasteiger partial charge in [-0.05, 0) is 52.3 Å². The molecule has 1 aromatic heterocycles. The van der Waals surface area contributed by atoms with E-state index in [1.54, 1.807) is 24.1 Å². The molecule has 1 saturated heterocycles. The average molecular weight is 501 g/mol. The van der Waals surface area contributed by atoms with E-state index in [9.17, 15) is 4.79 Å². The summed E-state index contributed by atoms with van der Waals surface area (Å²) in [5.74, 6) is 1.08. The van der Waals surface area contributed by atoms with E-state index in [4.69, 9.17) is 39.5 Å². The number of hydrogen-bond acceptors (Lipinski definition) is 6. The third-order valence-electron chi connectivity index (χ3n) is 5.16. The van der Waals surface area contributed by atoms with Gasteiger partial charge in [0.15, 0.2) is 5.82 Å². The first-order valence-corrected chi connectivity index (χ1v) is 11.5. The molecule has 2 aromatic rings. The predicted octanol–water partition coefficient (Wildman–Crippen LogP) is 5.97. The number of aryl methyl sites for hydroxylation is 1. The number of carbonyl (C=O) groups is 1. The average Bonchev–Trinajstić information content (AvgIpc) is 2.62. The summed E-state index contributed by atoms with van der Waals surface area (Å²) < 4.78 is 5.44. The van der Waals surface area contributed by atoms with Crippen LogP contribution in [0.15, 0.2) is 18.2 Å². The van der Waals surface area contributed by atoms with Crippen LogP contribution in [-0.2, 0) is 4.74 Å². The Kier molecular flexibility index (Phi) is 7.32. The Morgan fingerprint density at radius 2 is 1.91 bits per heavy atom. The van der Waals surface area contributed by atoms with Crippen LogP contribution in [-0.4, -0.2) is 52.7 Å². The lowest BCUT2D eigenvalue weighted by molar-refractivity contribution is 0.0196. The topological polar surface area (TPSA) is 70.6 Å². The van der Waals surface area contributed by atoms with Crippen LogP contribution in [0.1, 0.15) is 45.0 Å². The lowest BCUT2D eigenvalue weighted by atomic mass is 10.1. The molecule has 0 bridgehead atoms. The van der Waals surface area contributed by atoms with E-state index in [2.05, 4.69) is 15.3 Å². The minimum atomic E-state index is -0.532. The van der Waals surface area contributed by atoms with E-state index in [1.165, 1.54) is 0 Å². The van der Waals surface area contributed by atoms with Crippen molar-refractivity contribution in [3.05, 3.63) is 44.5 Å². The molecular weight excluding hydrogens is 473 g/mol. The van der Waals surface area contributed by atoms with Crippen LogP contribution in [0, 0.1) is 6.92 Å². The highest BCUT2D eigenvalue weighted by Crippen LogP contribution is 2.33. The Hall–Kier alpha value is -1.96. The van der Waals surface area contributed by atoms with Gasteiger partial charge >= 0.3 is 6.09 Å². The first-order valence-electron chi connectivity index (χ1n) is 10.3. The van der Waals surface area contributed by atoms with E-state index in [-0.39, 0.29) is 18.2 Å². The molecule has 1 aliphatic heterocycles. The van der Waals surface area contributed by atoms with Crippen molar-refractivity contribution in [2.45, 2.75) is 52.3 Å². The minimum absolute atomic E-state index is 0.0210. The van der Waals surface area contributed by atoms with E-state index in [1.807, 2.05) is 45.6 Å². The van der Waals surface area contributed by atoms with E-state index >= 15 is 0 Å². The van der Waals surface area contributed by atoms with E-state index < -0.39 is 5.60 Å². The first kappa shape index (κ1) is 24.7. The number of anilines is 2. The van der Waals surface area contributed by atoms with Crippen LogP contribution in [0.5, 0.6) is 0 Å². The molecule has 1 aromatic carbocycles. The fourth-order valence-electron chi connectivity index (χ4n) is 3.26. The Balaban J connectivity index is 1.70. The summed E-state index contributed by atoms with van der Waals surface area (Å²) in [6.45, 7) is 10.6. The number of rotatable bonds is 5. The highest BCUT2D eigenvalue weighted by Gasteiger charge is 2.36. The van der Waals surface area contributed by atoms with Gasteiger partial charge in [-0.15, -0.1) is 0 Å². The zero-order chi connectivity index (χ0) is 23.8. The molecule has 1 fully saturated rings. The fraction of sp³-hybridized carbons (Fsp3) is 0.500. The molecule has 10 heteroatoms. The highest BCUT2D eigenvalue weighted by molar-refractivity contribution is 6.35. The summed E-state index contributed by atoms with van der Waals surface area (Å²) >= 11 is 18.8. The van der Waals surface area contributed by atoms with Gasteiger partial charge in [-0.1, -0.05) is 40.9 Å². The van der Waals surface area contributed by atoms with Crippen LogP contribution >= 0.6 is 34.8 Å². The number of halogens is 3. The summed E-state index contributed by atoms with van der Waals surface area (Å²) in [7, 11) is 1.74. The maximum atomic E-state index is 12.3. The zero-order valence-electron chi connectivity index (χ0n) is 19.0. The van der Waals surface area contributed by atoms with Crippen molar-refractivity contribution in [3.63, 3.8) is 0 Å². The number of aromatic nitrogens is 2. The number of amides is 1. The van der Waals surface area contributed by atoms with Crippen LogP contribution in [0.3, 0.4) is 0 Å². The molecule has 0 radical (unpaired) electrons. The Labute approximate surface area is 204 Å². The van der Waals surface area contributed by atoms with Crippen molar-refractivity contribution in [1.29, 1.82) is 0 Å². The molecule has 0 unspecified atom stereocenters. The van der Waals surface area contributed by atoms with Crippen molar-refractivity contribution in [1.82, 2.24) is 14.9 Å². The third kappa shape index (κ3) is 5.69. The summed E-state index contributed by atoms with van der Waals surface area (Å²) in [4.78, 5) is 25.1. The summed E-state index contributed by atoms with van der Waals surface area (Å²) in [6, 6.07) is 5.24. The number of nitrogens with zero attached hydrogens (tertiary/aromatic N) is 4. The second-order valence-electron chi connectivity index (χ2n) is 8.95. The summed E-state index contributed by atoms with van der Waals surface area (Å²) in [5, 5.41) is 4.92. The zero-order valence-corrected chi connectivity index (χ0v) is 21.3. The van der Waals surface area contributed by atoms with Crippen molar-refractivity contribution < 1.29 is 9.53 Å². The van der Waals surface area contributed by atoms with Crippen molar-refractivity contribution >= 4 is 52.7 Å². The standard InChI is InChI=1S/C22H28Cl3N5O2/c1-12(16-8-7-14(23)9-17(16)24)26-19-18(25)13(2)27-20(28-19)30-10-15(11-30)29(6)21(31)32-22(3,4)5/h7-9,12,15H,10-11H2,1-6H3,(H,26,27,28)/t12-/m1/s1. The Bertz CT molecular complexity index is 1010. The van der Waals surface area contributed by atoms with Crippen molar-refractivity contribution in [3.8, 4) is 0 Å². The molecular formula is C22H28Cl3N5O2. The molecule has 3 rings (SSSR count). The lowest BCUT2D eigenvalue weighted by Gasteiger charge is -2.44. The van der Waals surface area contributed by atoms with Gasteiger partial charge in [0.25, 0.3) is 0 Å². The smallest absolute Gasteiger partial charge is 0.410 e. The predicted molar refractivity (Wildman–Crippen MR) is 130 cm³/mol. The van der Waals surface area contributed by atoms with E-state index in [0.717, 1.165) is 5.56 Å². The normalized spacial score (nSPS) is 15.2. The minimum Gasteiger partial charge on any atom is -0.444 e. The molecule has 32 heavy (non-hydrogen) atoms. The quantitative estimate of drug-likeness (QED) is 0.545. The number of hydrogen-bond donors (Lipinski definition) is 1. The molecule has 1 atom stereocenters. The monoisotopic (exact) mass is 499 g/mol. The van der Waals surface area contributed by atoms with Crippen LogP contribution in [0.25, 0.3) is 0 Å². The molecule has 0 saturated carbocycles. The fourth-order valence-corrected chi connectivity index (χ4v) is 3.97. The van der Waals surface area contributed by atoms with Gasteiger partial charge in [0.1, 0.15) is 10.6 Å². The maximum Gasteiger partial charge on any atom is 0.410 e. The number of nitrogens with one attached hydrogen (secondary N) is 1. The van der Waals surface area contributed by atoms with Crippen LogP contribution in [0.2, 0.25) is 15.1 Å². The number of carbonyl (C=O) groups excluding carboxylic acids is 1. The number of likely N-dealkylation sites (N-methyl/N-ethyl adjacent to an activating group) is 1. The van der Waals surface area contributed by atoms with Gasteiger partial charge in [0.2, 0.25) is 5.95 Å². The van der Waals surface area contributed by atoms with Gasteiger partial charge in [0.05, 0.1) is 17.8 Å². The molecule has 1 aliphatic rings.